The van der Waals surface area contributed by atoms with E-state index < -0.39 is 12.2 Å². The predicted octanol–water partition coefficient (Wildman–Crippen LogP) is 2.75. The molecule has 106 valence electrons. The van der Waals surface area contributed by atoms with Crippen LogP contribution in [0.3, 0.4) is 0 Å². The van der Waals surface area contributed by atoms with Gasteiger partial charge in [-0.3, -0.25) is 0 Å². The molecule has 0 aromatic carbocycles. The van der Waals surface area contributed by atoms with E-state index in [0.717, 1.165) is 12.8 Å². The predicted molar refractivity (Wildman–Crippen MR) is 74.4 cm³/mol. The molecule has 2 N–H and O–H groups in total. The minimum atomic E-state index is -0.461. The lowest BCUT2D eigenvalue weighted by molar-refractivity contribution is -0.166. The molecule has 0 aromatic heterocycles. The largest absolute Gasteiger partial charge is 0.390 e. The summed E-state index contributed by atoms with van der Waals surface area (Å²) in [6.07, 6.45) is 12.5. The molecule has 3 fully saturated rings. The fraction of sp³-hybridized carbons (Fsp3) is 0.882. The average Bonchev–Trinajstić information content (AvgIpc) is 2.92. The van der Waals surface area contributed by atoms with Crippen LogP contribution in [0.4, 0.5) is 0 Å². The molecule has 0 spiro atoms. The molecule has 0 amide bonds. The van der Waals surface area contributed by atoms with Gasteiger partial charge >= 0.3 is 0 Å². The lowest BCUT2D eigenvalue weighted by atomic mass is 9.52. The van der Waals surface area contributed by atoms with E-state index in [1.165, 1.54) is 32.1 Å². The maximum absolute atomic E-state index is 10.7. The molecular weight excluding hydrogens is 236 g/mol. The van der Waals surface area contributed by atoms with E-state index in [0.29, 0.717) is 35.5 Å². The van der Waals surface area contributed by atoms with E-state index >= 15 is 0 Å². The summed E-state index contributed by atoms with van der Waals surface area (Å²) in [5.41, 5.74) is 0. The van der Waals surface area contributed by atoms with E-state index in [9.17, 15) is 10.2 Å². The van der Waals surface area contributed by atoms with Crippen molar-refractivity contribution in [2.24, 2.45) is 35.5 Å². The van der Waals surface area contributed by atoms with Crippen molar-refractivity contribution < 1.29 is 10.2 Å². The van der Waals surface area contributed by atoms with Crippen LogP contribution in [0, 0.1) is 35.5 Å². The van der Waals surface area contributed by atoms with Crippen LogP contribution in [0.25, 0.3) is 0 Å². The molecule has 3 saturated carbocycles. The second-order valence-corrected chi connectivity index (χ2v) is 7.40. The Bertz CT molecular complexity index is 377. The number of aliphatic hydroxyl groups is 2. The Morgan fingerprint density at radius 1 is 0.737 bits per heavy atom. The zero-order chi connectivity index (χ0) is 13.0. The van der Waals surface area contributed by atoms with Gasteiger partial charge in [0.05, 0.1) is 12.2 Å². The summed E-state index contributed by atoms with van der Waals surface area (Å²) in [6, 6.07) is 0. The van der Waals surface area contributed by atoms with Crippen LogP contribution in [0.5, 0.6) is 0 Å². The molecule has 4 aliphatic carbocycles. The smallest absolute Gasteiger partial charge is 0.0835 e. The van der Waals surface area contributed by atoms with E-state index in [4.69, 9.17) is 0 Å². The van der Waals surface area contributed by atoms with Crippen LogP contribution < -0.4 is 0 Å². The highest BCUT2D eigenvalue weighted by molar-refractivity contribution is 5.11. The van der Waals surface area contributed by atoms with Gasteiger partial charge in [-0.15, -0.1) is 0 Å². The normalized spacial score (nSPS) is 56.3. The van der Waals surface area contributed by atoms with E-state index in [1.807, 2.05) is 0 Å². The third kappa shape index (κ3) is 1.76. The Balaban J connectivity index is 1.65. The minimum Gasteiger partial charge on any atom is -0.390 e. The van der Waals surface area contributed by atoms with Crippen LogP contribution in [-0.4, -0.2) is 22.4 Å². The lowest BCUT2D eigenvalue weighted by Crippen LogP contribution is -2.57. The molecule has 2 nitrogen and oxygen atoms in total. The molecule has 19 heavy (non-hydrogen) atoms. The van der Waals surface area contributed by atoms with Gasteiger partial charge in [0.15, 0.2) is 0 Å². The first-order chi connectivity index (χ1) is 9.27. The second kappa shape index (κ2) is 4.60. The van der Waals surface area contributed by atoms with Crippen LogP contribution in [-0.2, 0) is 0 Å². The Hall–Kier alpha value is -0.340. The molecule has 4 aliphatic rings. The monoisotopic (exact) mass is 262 g/mol. The fourth-order valence-electron chi connectivity index (χ4n) is 6.01. The first-order valence-electron chi connectivity index (χ1n) is 8.30. The lowest BCUT2D eigenvalue weighted by Gasteiger charge is -2.55. The van der Waals surface area contributed by atoms with Crippen molar-refractivity contribution in [2.45, 2.75) is 57.2 Å². The molecule has 0 bridgehead atoms. The third-order valence-electron chi connectivity index (χ3n) is 6.77. The standard InChI is InChI=1S/C17H26O2/c18-16-14-6-2-1-5-12(14)13-9-8-10-4-3-7-11(10)15(13)17(16)19/h3-4,10-19H,1-2,5-9H2. The van der Waals surface area contributed by atoms with Gasteiger partial charge in [-0.05, 0) is 67.6 Å². The first kappa shape index (κ1) is 12.4. The van der Waals surface area contributed by atoms with Crippen molar-refractivity contribution in [2.75, 3.05) is 0 Å². The average molecular weight is 262 g/mol. The van der Waals surface area contributed by atoms with Crippen molar-refractivity contribution in [3.05, 3.63) is 12.2 Å². The number of hydrogen-bond donors (Lipinski definition) is 2. The van der Waals surface area contributed by atoms with Crippen molar-refractivity contribution in [3.63, 3.8) is 0 Å². The number of allylic oxidation sites excluding steroid dienone is 2. The van der Waals surface area contributed by atoms with Crippen LogP contribution >= 0.6 is 0 Å². The van der Waals surface area contributed by atoms with Crippen LogP contribution in [0.2, 0.25) is 0 Å². The molecule has 0 radical (unpaired) electrons. The van der Waals surface area contributed by atoms with Crippen LogP contribution in [0.1, 0.15) is 44.9 Å². The second-order valence-electron chi connectivity index (χ2n) is 7.40. The quantitative estimate of drug-likeness (QED) is 0.659. The molecule has 4 rings (SSSR count). The minimum absolute atomic E-state index is 0.364. The summed E-state index contributed by atoms with van der Waals surface area (Å²) in [6.45, 7) is 0. The number of fused-ring (bicyclic) bond motifs is 5. The number of hydrogen-bond acceptors (Lipinski definition) is 2. The maximum Gasteiger partial charge on any atom is 0.0835 e. The van der Waals surface area contributed by atoms with Crippen molar-refractivity contribution in [1.29, 1.82) is 0 Å². The molecule has 8 atom stereocenters. The fourth-order valence-corrected chi connectivity index (χ4v) is 6.01. The Kier molecular flexibility index (Phi) is 3.00. The molecular formula is C17H26O2. The molecule has 2 heteroatoms. The summed E-state index contributed by atoms with van der Waals surface area (Å²) in [5.74, 6) is 3.43. The van der Waals surface area contributed by atoms with Gasteiger partial charge in [-0.2, -0.15) is 0 Å². The summed E-state index contributed by atoms with van der Waals surface area (Å²) in [5, 5.41) is 21.2. The van der Waals surface area contributed by atoms with Gasteiger partial charge < -0.3 is 10.2 Å². The highest BCUT2D eigenvalue weighted by atomic mass is 16.3. The molecule has 0 aliphatic heterocycles. The van der Waals surface area contributed by atoms with E-state index in [2.05, 4.69) is 12.2 Å². The van der Waals surface area contributed by atoms with Gasteiger partial charge in [0.2, 0.25) is 0 Å². The zero-order valence-electron chi connectivity index (χ0n) is 11.6. The van der Waals surface area contributed by atoms with Gasteiger partial charge in [0.25, 0.3) is 0 Å². The summed E-state index contributed by atoms with van der Waals surface area (Å²) < 4.78 is 0. The summed E-state index contributed by atoms with van der Waals surface area (Å²) in [7, 11) is 0. The van der Waals surface area contributed by atoms with E-state index in [1.54, 1.807) is 0 Å². The third-order valence-corrected chi connectivity index (χ3v) is 6.77. The van der Waals surface area contributed by atoms with Crippen molar-refractivity contribution in [1.82, 2.24) is 0 Å². The van der Waals surface area contributed by atoms with Crippen LogP contribution in [0.15, 0.2) is 12.2 Å². The summed E-state index contributed by atoms with van der Waals surface area (Å²) in [4.78, 5) is 0. The van der Waals surface area contributed by atoms with Gasteiger partial charge in [-0.1, -0.05) is 25.0 Å². The topological polar surface area (TPSA) is 40.5 Å². The van der Waals surface area contributed by atoms with Crippen molar-refractivity contribution in [3.8, 4) is 0 Å². The molecule has 0 saturated heterocycles. The number of rotatable bonds is 0. The summed E-state index contributed by atoms with van der Waals surface area (Å²) >= 11 is 0. The van der Waals surface area contributed by atoms with Gasteiger partial charge in [0.1, 0.15) is 0 Å². The highest BCUT2D eigenvalue weighted by Gasteiger charge is 2.54. The Labute approximate surface area is 115 Å². The van der Waals surface area contributed by atoms with E-state index in [-0.39, 0.29) is 0 Å². The maximum atomic E-state index is 10.7. The molecule has 0 heterocycles. The van der Waals surface area contributed by atoms with Crippen molar-refractivity contribution >= 4 is 0 Å². The molecule has 0 aromatic rings. The van der Waals surface area contributed by atoms with Gasteiger partial charge in [-0.25, -0.2) is 0 Å². The van der Waals surface area contributed by atoms with Gasteiger partial charge in [0, 0.05) is 0 Å². The number of aliphatic hydroxyl groups excluding tert-OH is 2. The molecule has 8 unspecified atom stereocenters. The zero-order valence-corrected chi connectivity index (χ0v) is 11.6. The SMILES string of the molecule is OC1C(O)C2C3CC=CC3CCC2C2CCCCC12. The highest BCUT2D eigenvalue weighted by Crippen LogP contribution is 2.56. The first-order valence-corrected chi connectivity index (χ1v) is 8.30. The Morgan fingerprint density at radius 3 is 2.37 bits per heavy atom. The Morgan fingerprint density at radius 2 is 1.53 bits per heavy atom.